The van der Waals surface area contributed by atoms with Gasteiger partial charge in [-0.3, -0.25) is 0 Å². The first-order valence-electron chi connectivity index (χ1n) is 4.85. The normalized spacial score (nSPS) is 9.88. The lowest BCUT2D eigenvalue weighted by Gasteiger charge is -2.03. The molecule has 0 aliphatic carbocycles. The van der Waals surface area contributed by atoms with Crippen LogP contribution in [-0.4, -0.2) is 5.11 Å². The summed E-state index contributed by atoms with van der Waals surface area (Å²) in [6, 6.07) is 12.9. The van der Waals surface area contributed by atoms with E-state index in [0.717, 1.165) is 11.0 Å². The Bertz CT molecular complexity index is 575. The van der Waals surface area contributed by atoms with Gasteiger partial charge in [-0.25, -0.2) is 4.39 Å². The molecule has 0 radical (unpaired) electrons. The number of rotatable bonds is 2. The van der Waals surface area contributed by atoms with E-state index >= 15 is 0 Å². The first kappa shape index (κ1) is 11.5. The summed E-state index contributed by atoms with van der Waals surface area (Å²) in [5.41, 5.74) is 0.570. The summed E-state index contributed by atoms with van der Waals surface area (Å²) in [6.07, 6.45) is 0. The lowest BCUT2D eigenvalue weighted by atomic mass is 10.2. The van der Waals surface area contributed by atoms with E-state index in [1.165, 1.54) is 23.9 Å². The van der Waals surface area contributed by atoms with E-state index in [1.54, 1.807) is 24.3 Å². The fourth-order valence-electron chi connectivity index (χ4n) is 1.30. The lowest BCUT2D eigenvalue weighted by molar-refractivity contribution is 0.466. The second kappa shape index (κ2) is 4.89. The molecule has 1 N–H and O–H groups in total. The molecule has 2 aromatic carbocycles. The van der Waals surface area contributed by atoms with E-state index in [-0.39, 0.29) is 5.75 Å². The highest BCUT2D eigenvalue weighted by molar-refractivity contribution is 7.99. The Labute approximate surface area is 102 Å². The van der Waals surface area contributed by atoms with Gasteiger partial charge in [0.05, 0.1) is 11.6 Å². The number of phenolic OH excluding ortho intramolecular Hbond substituents is 1. The predicted molar refractivity (Wildman–Crippen MR) is 63.3 cm³/mol. The summed E-state index contributed by atoms with van der Waals surface area (Å²) in [6.45, 7) is 0. The van der Waals surface area contributed by atoms with Gasteiger partial charge >= 0.3 is 0 Å². The van der Waals surface area contributed by atoms with Gasteiger partial charge in [-0.2, -0.15) is 5.26 Å². The average molecular weight is 245 g/mol. The smallest absolute Gasteiger partial charge is 0.140 e. The summed E-state index contributed by atoms with van der Waals surface area (Å²) in [4.78, 5) is 1.28. The van der Waals surface area contributed by atoms with Crippen molar-refractivity contribution in [2.45, 2.75) is 9.79 Å². The number of benzene rings is 2. The van der Waals surface area contributed by atoms with Crippen molar-refractivity contribution in [2.75, 3.05) is 0 Å². The van der Waals surface area contributed by atoms with Gasteiger partial charge in [0.15, 0.2) is 0 Å². The maximum absolute atomic E-state index is 13.4. The minimum atomic E-state index is -0.459. The maximum atomic E-state index is 13.4. The Hall–Kier alpha value is -1.99. The number of hydrogen-bond acceptors (Lipinski definition) is 3. The molecule has 0 aromatic heterocycles. The first-order valence-corrected chi connectivity index (χ1v) is 5.67. The van der Waals surface area contributed by atoms with Crippen molar-refractivity contribution in [3.8, 4) is 11.8 Å². The molecule has 2 aromatic rings. The third kappa shape index (κ3) is 2.77. The third-order valence-corrected chi connectivity index (χ3v) is 3.19. The van der Waals surface area contributed by atoms with Crippen LogP contribution in [0.5, 0.6) is 5.75 Å². The highest BCUT2D eigenvalue weighted by atomic mass is 32.2. The van der Waals surface area contributed by atoms with E-state index in [2.05, 4.69) is 0 Å². The fraction of sp³-hybridized carbons (Fsp3) is 0. The average Bonchev–Trinajstić information content (AvgIpc) is 2.34. The van der Waals surface area contributed by atoms with Crippen LogP contribution in [0.25, 0.3) is 0 Å². The van der Waals surface area contributed by atoms with Crippen LogP contribution in [0.3, 0.4) is 0 Å². The van der Waals surface area contributed by atoms with E-state index in [1.807, 2.05) is 6.07 Å². The predicted octanol–water partition coefficient (Wildman–Crippen LogP) is 3.55. The minimum absolute atomic E-state index is 0.0910. The molecule has 0 unspecified atom stereocenters. The Morgan fingerprint density at radius 2 is 1.82 bits per heavy atom. The number of aromatic hydroxyl groups is 1. The van der Waals surface area contributed by atoms with Crippen molar-refractivity contribution < 1.29 is 9.50 Å². The number of nitrogens with zero attached hydrogens (tertiary/aromatic N) is 1. The lowest BCUT2D eigenvalue weighted by Crippen LogP contribution is -1.81. The second-order valence-corrected chi connectivity index (χ2v) is 4.47. The quantitative estimate of drug-likeness (QED) is 0.879. The highest BCUT2D eigenvalue weighted by Crippen LogP contribution is 2.31. The molecule has 0 fully saturated rings. The third-order valence-electron chi connectivity index (χ3n) is 2.13. The van der Waals surface area contributed by atoms with Crippen LogP contribution >= 0.6 is 11.8 Å². The summed E-state index contributed by atoms with van der Waals surface area (Å²) in [7, 11) is 0. The van der Waals surface area contributed by atoms with Gasteiger partial charge in [0, 0.05) is 15.9 Å². The van der Waals surface area contributed by atoms with Crippen LogP contribution in [-0.2, 0) is 0 Å². The molecule has 0 saturated carbocycles. The molecule has 17 heavy (non-hydrogen) atoms. The number of nitriles is 1. The molecule has 0 bridgehead atoms. The van der Waals surface area contributed by atoms with Crippen molar-refractivity contribution in [1.29, 1.82) is 5.26 Å². The number of phenols is 1. The number of hydrogen-bond donors (Lipinski definition) is 1. The monoisotopic (exact) mass is 245 g/mol. The molecule has 2 rings (SSSR count). The first-order chi connectivity index (χ1) is 8.19. The molecular weight excluding hydrogens is 237 g/mol. The molecule has 0 spiro atoms. The highest BCUT2D eigenvalue weighted by Gasteiger charge is 2.05. The number of halogens is 1. The molecule has 4 heteroatoms. The van der Waals surface area contributed by atoms with E-state index in [0.29, 0.717) is 10.5 Å². The van der Waals surface area contributed by atoms with Crippen LogP contribution in [0.15, 0.2) is 52.3 Å². The fourth-order valence-corrected chi connectivity index (χ4v) is 2.12. The van der Waals surface area contributed by atoms with E-state index < -0.39 is 5.82 Å². The molecule has 0 aliphatic rings. The Balaban J connectivity index is 2.23. The summed E-state index contributed by atoms with van der Waals surface area (Å²) in [5, 5.41) is 17.7. The largest absolute Gasteiger partial charge is 0.508 e. The topological polar surface area (TPSA) is 44.0 Å². The standard InChI is InChI=1S/C13H8FNOS/c14-12-7-10(16)3-6-13(12)17-11-4-1-9(8-15)2-5-11/h1-7,16H. The zero-order valence-corrected chi connectivity index (χ0v) is 9.54. The maximum Gasteiger partial charge on any atom is 0.140 e. The zero-order valence-electron chi connectivity index (χ0n) is 8.72. The van der Waals surface area contributed by atoms with Crippen molar-refractivity contribution in [2.24, 2.45) is 0 Å². The van der Waals surface area contributed by atoms with Crippen molar-refractivity contribution in [3.63, 3.8) is 0 Å². The van der Waals surface area contributed by atoms with Crippen molar-refractivity contribution >= 4 is 11.8 Å². The molecule has 0 heterocycles. The SMILES string of the molecule is N#Cc1ccc(Sc2ccc(O)cc2F)cc1. The van der Waals surface area contributed by atoms with Crippen molar-refractivity contribution in [3.05, 3.63) is 53.8 Å². The van der Waals surface area contributed by atoms with Gasteiger partial charge in [0.25, 0.3) is 0 Å². The van der Waals surface area contributed by atoms with Crippen LogP contribution < -0.4 is 0 Å². The van der Waals surface area contributed by atoms with Crippen LogP contribution in [0.4, 0.5) is 4.39 Å². The molecular formula is C13H8FNOS. The van der Waals surface area contributed by atoms with Gasteiger partial charge in [-0.15, -0.1) is 0 Å². The minimum Gasteiger partial charge on any atom is -0.508 e. The van der Waals surface area contributed by atoms with Gasteiger partial charge < -0.3 is 5.11 Å². The van der Waals surface area contributed by atoms with Gasteiger partial charge in [-0.1, -0.05) is 11.8 Å². The van der Waals surface area contributed by atoms with Gasteiger partial charge in [0.1, 0.15) is 11.6 Å². The van der Waals surface area contributed by atoms with Gasteiger partial charge in [-0.05, 0) is 36.4 Å². The van der Waals surface area contributed by atoms with Crippen molar-refractivity contribution in [1.82, 2.24) is 0 Å². The van der Waals surface area contributed by atoms with Crippen LogP contribution in [0, 0.1) is 17.1 Å². The van der Waals surface area contributed by atoms with E-state index in [4.69, 9.17) is 10.4 Å². The van der Waals surface area contributed by atoms with Gasteiger partial charge in [0.2, 0.25) is 0 Å². The Kier molecular flexibility index (Phi) is 3.31. The molecule has 2 nitrogen and oxygen atoms in total. The second-order valence-electron chi connectivity index (χ2n) is 3.35. The van der Waals surface area contributed by atoms with E-state index in [9.17, 15) is 4.39 Å². The molecule has 0 atom stereocenters. The molecule has 0 aliphatic heterocycles. The Morgan fingerprint density at radius 1 is 1.12 bits per heavy atom. The summed E-state index contributed by atoms with van der Waals surface area (Å²) < 4.78 is 13.4. The Morgan fingerprint density at radius 3 is 2.41 bits per heavy atom. The zero-order chi connectivity index (χ0) is 12.3. The molecule has 84 valence electrons. The summed E-state index contributed by atoms with van der Waals surface area (Å²) in [5.74, 6) is -0.550. The van der Waals surface area contributed by atoms with Crippen LogP contribution in [0.1, 0.15) is 5.56 Å². The molecule has 0 amide bonds. The summed E-state index contributed by atoms with van der Waals surface area (Å²) >= 11 is 1.25. The van der Waals surface area contributed by atoms with Crippen LogP contribution in [0.2, 0.25) is 0 Å². The molecule has 0 saturated heterocycles.